The van der Waals surface area contributed by atoms with Gasteiger partial charge < -0.3 is 25.6 Å². The standard InChI is InChI=1S/C23H30ClN5O2.HI/c1-16-8-9-19(18(24)14-16)28-22(30)10-12-26-23(25-2)27-17-11-13-29(15-17)20-6-4-5-7-21(20)31-3;/h4-9,14,17H,10-13,15H2,1-3H3,(H,28,30)(H2,25,26,27);1H. The molecule has 1 aliphatic rings. The summed E-state index contributed by atoms with van der Waals surface area (Å²) in [7, 11) is 3.42. The van der Waals surface area contributed by atoms with Crippen molar-refractivity contribution in [2.75, 3.05) is 44.0 Å². The Hall–Kier alpha value is -2.20. The van der Waals surface area contributed by atoms with E-state index in [1.807, 2.05) is 43.3 Å². The van der Waals surface area contributed by atoms with Crippen molar-refractivity contribution in [1.82, 2.24) is 10.6 Å². The van der Waals surface area contributed by atoms with E-state index in [0.717, 1.165) is 36.5 Å². The summed E-state index contributed by atoms with van der Waals surface area (Å²) in [5.41, 5.74) is 2.78. The number of rotatable bonds is 7. The zero-order chi connectivity index (χ0) is 22.2. The number of ether oxygens (including phenoxy) is 1. The van der Waals surface area contributed by atoms with Gasteiger partial charge in [-0.25, -0.2) is 0 Å². The third-order valence-corrected chi connectivity index (χ3v) is 5.53. The van der Waals surface area contributed by atoms with Gasteiger partial charge >= 0.3 is 0 Å². The number of para-hydroxylation sites is 2. The van der Waals surface area contributed by atoms with E-state index in [2.05, 4.69) is 31.9 Å². The molecule has 1 fully saturated rings. The molecule has 32 heavy (non-hydrogen) atoms. The number of nitrogens with zero attached hydrogens (tertiary/aromatic N) is 2. The van der Waals surface area contributed by atoms with Crippen LogP contribution in [0.25, 0.3) is 0 Å². The second kappa shape index (κ2) is 12.7. The number of hydrogen-bond acceptors (Lipinski definition) is 4. The number of amides is 1. The largest absolute Gasteiger partial charge is 0.495 e. The summed E-state index contributed by atoms with van der Waals surface area (Å²) in [5, 5.41) is 10.0. The van der Waals surface area contributed by atoms with Gasteiger partial charge in [0.05, 0.1) is 23.5 Å². The third kappa shape index (κ3) is 7.16. The average Bonchev–Trinajstić information content (AvgIpc) is 3.23. The van der Waals surface area contributed by atoms with Crippen LogP contribution >= 0.6 is 35.6 Å². The van der Waals surface area contributed by atoms with Crippen LogP contribution in [0.3, 0.4) is 0 Å². The first-order chi connectivity index (χ1) is 15.0. The molecule has 0 radical (unpaired) electrons. The maximum absolute atomic E-state index is 12.2. The Balaban J connectivity index is 0.00000363. The highest BCUT2D eigenvalue weighted by Gasteiger charge is 2.25. The van der Waals surface area contributed by atoms with Gasteiger partial charge in [0.15, 0.2) is 5.96 Å². The van der Waals surface area contributed by atoms with Crippen LogP contribution in [-0.2, 0) is 4.79 Å². The minimum atomic E-state index is -0.100. The molecule has 2 aromatic rings. The summed E-state index contributed by atoms with van der Waals surface area (Å²) in [5.74, 6) is 1.47. The fourth-order valence-electron chi connectivity index (χ4n) is 3.60. The molecule has 0 spiro atoms. The van der Waals surface area contributed by atoms with Crippen LogP contribution in [0.1, 0.15) is 18.4 Å². The number of carbonyl (C=O) groups is 1. The van der Waals surface area contributed by atoms with Gasteiger partial charge in [-0.15, -0.1) is 24.0 Å². The predicted octanol–water partition coefficient (Wildman–Crippen LogP) is 4.05. The van der Waals surface area contributed by atoms with Gasteiger partial charge in [0.25, 0.3) is 0 Å². The third-order valence-electron chi connectivity index (χ3n) is 5.22. The summed E-state index contributed by atoms with van der Waals surface area (Å²) >= 11 is 6.18. The number of carbonyl (C=O) groups excluding carboxylic acids is 1. The SMILES string of the molecule is CN=C(NCCC(=O)Nc1ccc(C)cc1Cl)NC1CCN(c2ccccc2OC)C1.I. The first-order valence-corrected chi connectivity index (χ1v) is 10.8. The molecule has 2 aromatic carbocycles. The van der Waals surface area contributed by atoms with Crippen molar-refractivity contribution in [3.8, 4) is 5.75 Å². The second-order valence-electron chi connectivity index (χ2n) is 7.53. The van der Waals surface area contributed by atoms with Crippen molar-refractivity contribution in [3.05, 3.63) is 53.1 Å². The van der Waals surface area contributed by atoms with E-state index in [1.165, 1.54) is 0 Å². The first-order valence-electron chi connectivity index (χ1n) is 10.4. The highest BCUT2D eigenvalue weighted by Crippen LogP contribution is 2.30. The van der Waals surface area contributed by atoms with E-state index in [4.69, 9.17) is 16.3 Å². The summed E-state index contributed by atoms with van der Waals surface area (Å²) in [6.45, 7) is 4.22. The van der Waals surface area contributed by atoms with Crippen LogP contribution in [0.2, 0.25) is 5.02 Å². The Kier molecular flexibility index (Phi) is 10.4. The van der Waals surface area contributed by atoms with Crippen molar-refractivity contribution < 1.29 is 9.53 Å². The van der Waals surface area contributed by atoms with E-state index >= 15 is 0 Å². The van der Waals surface area contributed by atoms with E-state index in [-0.39, 0.29) is 35.9 Å². The normalized spacial score (nSPS) is 15.7. The van der Waals surface area contributed by atoms with E-state index < -0.39 is 0 Å². The molecule has 3 rings (SSSR count). The molecule has 0 aromatic heterocycles. The number of benzene rings is 2. The summed E-state index contributed by atoms with van der Waals surface area (Å²) in [6.07, 6.45) is 1.30. The van der Waals surface area contributed by atoms with Crippen molar-refractivity contribution in [1.29, 1.82) is 0 Å². The van der Waals surface area contributed by atoms with Crippen molar-refractivity contribution >= 4 is 58.8 Å². The summed E-state index contributed by atoms with van der Waals surface area (Å²) in [6, 6.07) is 13.9. The quantitative estimate of drug-likeness (QED) is 0.266. The van der Waals surface area contributed by atoms with Crippen LogP contribution in [0.15, 0.2) is 47.5 Å². The Morgan fingerprint density at radius 1 is 1.28 bits per heavy atom. The zero-order valence-corrected chi connectivity index (χ0v) is 21.7. The Morgan fingerprint density at radius 3 is 2.78 bits per heavy atom. The topological polar surface area (TPSA) is 78.0 Å². The number of methoxy groups -OCH3 is 1. The van der Waals surface area contributed by atoms with Gasteiger partial charge in [-0.2, -0.15) is 0 Å². The highest BCUT2D eigenvalue weighted by atomic mass is 127. The molecule has 1 unspecified atom stereocenters. The van der Waals surface area contributed by atoms with Crippen LogP contribution in [0.5, 0.6) is 5.75 Å². The van der Waals surface area contributed by atoms with Gasteiger partial charge in [-0.3, -0.25) is 9.79 Å². The van der Waals surface area contributed by atoms with Crippen molar-refractivity contribution in [2.45, 2.75) is 25.8 Å². The molecule has 1 atom stereocenters. The summed E-state index contributed by atoms with van der Waals surface area (Å²) < 4.78 is 5.48. The van der Waals surface area contributed by atoms with Gasteiger partial charge in [0, 0.05) is 39.1 Å². The summed E-state index contributed by atoms with van der Waals surface area (Å²) in [4.78, 5) is 18.8. The van der Waals surface area contributed by atoms with E-state index in [0.29, 0.717) is 29.6 Å². The fraction of sp³-hybridized carbons (Fsp3) is 0.391. The van der Waals surface area contributed by atoms with Crippen molar-refractivity contribution in [2.24, 2.45) is 4.99 Å². The van der Waals surface area contributed by atoms with Gasteiger partial charge in [0.2, 0.25) is 5.91 Å². The minimum absolute atomic E-state index is 0. The lowest BCUT2D eigenvalue weighted by Crippen LogP contribution is -2.45. The molecule has 3 N–H and O–H groups in total. The highest BCUT2D eigenvalue weighted by molar-refractivity contribution is 14.0. The molecule has 1 aliphatic heterocycles. The van der Waals surface area contributed by atoms with Crippen LogP contribution < -0.4 is 25.6 Å². The van der Waals surface area contributed by atoms with Crippen LogP contribution in [-0.4, -0.2) is 51.7 Å². The molecular formula is C23H31ClIN5O2. The number of guanidine groups is 1. The number of aryl methyl sites for hydroxylation is 1. The Morgan fingerprint density at radius 2 is 2.06 bits per heavy atom. The molecule has 7 nitrogen and oxygen atoms in total. The predicted molar refractivity (Wildman–Crippen MR) is 143 cm³/mol. The molecule has 0 bridgehead atoms. The van der Waals surface area contributed by atoms with Crippen LogP contribution in [0.4, 0.5) is 11.4 Å². The van der Waals surface area contributed by atoms with E-state index in [1.54, 1.807) is 14.2 Å². The maximum atomic E-state index is 12.2. The minimum Gasteiger partial charge on any atom is -0.495 e. The Labute approximate surface area is 212 Å². The number of aliphatic imine (C=N–C) groups is 1. The first kappa shape index (κ1) is 26.1. The monoisotopic (exact) mass is 571 g/mol. The van der Waals surface area contributed by atoms with Crippen molar-refractivity contribution in [3.63, 3.8) is 0 Å². The average molecular weight is 572 g/mol. The second-order valence-corrected chi connectivity index (χ2v) is 7.94. The molecule has 1 saturated heterocycles. The smallest absolute Gasteiger partial charge is 0.226 e. The molecule has 0 saturated carbocycles. The molecule has 9 heteroatoms. The Bertz CT molecular complexity index is 940. The molecule has 1 amide bonds. The lowest BCUT2D eigenvalue weighted by Gasteiger charge is -2.22. The van der Waals surface area contributed by atoms with Gasteiger partial charge in [0.1, 0.15) is 5.75 Å². The van der Waals surface area contributed by atoms with Crippen LogP contribution in [0, 0.1) is 6.92 Å². The molecular weight excluding hydrogens is 541 g/mol. The number of hydrogen-bond donors (Lipinski definition) is 3. The van der Waals surface area contributed by atoms with E-state index in [9.17, 15) is 4.79 Å². The number of nitrogens with one attached hydrogen (secondary N) is 3. The number of anilines is 2. The zero-order valence-electron chi connectivity index (χ0n) is 18.7. The molecule has 0 aliphatic carbocycles. The fourth-order valence-corrected chi connectivity index (χ4v) is 3.89. The molecule has 1 heterocycles. The van der Waals surface area contributed by atoms with Gasteiger partial charge in [-0.1, -0.05) is 29.8 Å². The molecule has 174 valence electrons. The maximum Gasteiger partial charge on any atom is 0.226 e. The van der Waals surface area contributed by atoms with Gasteiger partial charge in [-0.05, 0) is 43.2 Å². The number of halogens is 2. The lowest BCUT2D eigenvalue weighted by atomic mass is 10.2. The lowest BCUT2D eigenvalue weighted by molar-refractivity contribution is -0.116.